The Labute approximate surface area is 146 Å². The molecule has 0 bridgehead atoms. The molecule has 2 aromatic carbocycles. The first-order chi connectivity index (χ1) is 11.8. The highest BCUT2D eigenvalue weighted by Gasteiger charge is 2.40. The molecule has 1 atom stereocenters. The lowest BCUT2D eigenvalue weighted by molar-refractivity contribution is -0.133. The lowest BCUT2D eigenvalue weighted by Gasteiger charge is -2.36. The molecule has 3 rings (SSSR count). The van der Waals surface area contributed by atoms with Crippen LogP contribution in [-0.2, 0) is 27.8 Å². The van der Waals surface area contributed by atoms with E-state index in [1.165, 1.54) is 21.3 Å². The minimum Gasteiger partial charge on any atom is -0.347 e. The molecule has 132 valence electrons. The number of rotatable bonds is 3. The van der Waals surface area contributed by atoms with E-state index in [4.69, 9.17) is 0 Å². The van der Waals surface area contributed by atoms with Crippen molar-refractivity contribution in [1.29, 1.82) is 0 Å². The van der Waals surface area contributed by atoms with Crippen molar-refractivity contribution < 1.29 is 17.6 Å². The number of amides is 1. The van der Waals surface area contributed by atoms with Gasteiger partial charge in [0.25, 0.3) is 0 Å². The first-order valence-electron chi connectivity index (χ1n) is 7.86. The van der Waals surface area contributed by atoms with Gasteiger partial charge in [-0.2, -0.15) is 4.31 Å². The fourth-order valence-corrected chi connectivity index (χ4v) is 4.56. The Morgan fingerprint density at radius 1 is 1.08 bits per heavy atom. The van der Waals surface area contributed by atoms with Crippen molar-refractivity contribution >= 4 is 15.9 Å². The van der Waals surface area contributed by atoms with Gasteiger partial charge < -0.3 is 4.90 Å². The zero-order valence-corrected chi connectivity index (χ0v) is 14.8. The van der Waals surface area contributed by atoms with Crippen molar-refractivity contribution in [3.63, 3.8) is 0 Å². The summed E-state index contributed by atoms with van der Waals surface area (Å²) >= 11 is 0. The van der Waals surface area contributed by atoms with Crippen molar-refractivity contribution in [3.8, 4) is 0 Å². The van der Waals surface area contributed by atoms with Crippen molar-refractivity contribution in [2.24, 2.45) is 0 Å². The highest BCUT2D eigenvalue weighted by atomic mass is 32.2. The predicted octanol–water partition coefficient (Wildman–Crippen LogP) is 2.03. The van der Waals surface area contributed by atoms with E-state index in [0.717, 1.165) is 23.3 Å². The number of nitrogens with zero attached hydrogens (tertiary/aromatic N) is 2. The Bertz CT molecular complexity index is 895. The smallest absolute Gasteiger partial charge is 0.244 e. The summed E-state index contributed by atoms with van der Waals surface area (Å²) in [6.07, 6.45) is 0.313. The molecule has 0 fully saturated rings. The minimum absolute atomic E-state index is 0.0233. The number of benzene rings is 2. The van der Waals surface area contributed by atoms with Crippen LogP contribution >= 0.6 is 0 Å². The zero-order valence-electron chi connectivity index (χ0n) is 14.0. The van der Waals surface area contributed by atoms with Crippen molar-refractivity contribution in [2.75, 3.05) is 14.1 Å². The van der Waals surface area contributed by atoms with Crippen LogP contribution in [0.15, 0.2) is 53.4 Å². The first-order valence-corrected chi connectivity index (χ1v) is 9.30. The SMILES string of the molecule is CN(C)C(=O)[C@@H]1Cc2ccccc2CN1S(=O)(=O)c1ccc(F)cc1. The molecule has 1 aliphatic heterocycles. The number of sulfonamides is 1. The highest BCUT2D eigenvalue weighted by molar-refractivity contribution is 7.89. The van der Waals surface area contributed by atoms with E-state index in [9.17, 15) is 17.6 Å². The van der Waals surface area contributed by atoms with Crippen LogP contribution in [0.1, 0.15) is 11.1 Å². The number of hydrogen-bond donors (Lipinski definition) is 0. The standard InChI is InChI=1S/C18H19FN2O3S/c1-20(2)18(22)17-11-13-5-3-4-6-14(13)12-21(17)25(23,24)16-9-7-15(19)8-10-16/h3-10,17H,11-12H2,1-2H3/t17-/m0/s1. The van der Waals surface area contributed by atoms with Gasteiger partial charge in [0, 0.05) is 20.6 Å². The van der Waals surface area contributed by atoms with Crippen LogP contribution in [0.4, 0.5) is 4.39 Å². The summed E-state index contributed by atoms with van der Waals surface area (Å²) in [6.45, 7) is 0.111. The molecule has 1 amide bonds. The van der Waals surface area contributed by atoms with Gasteiger partial charge in [-0.25, -0.2) is 12.8 Å². The van der Waals surface area contributed by atoms with Gasteiger partial charge in [0.2, 0.25) is 15.9 Å². The second-order valence-electron chi connectivity index (χ2n) is 6.23. The molecule has 0 aromatic heterocycles. The summed E-state index contributed by atoms with van der Waals surface area (Å²) in [4.78, 5) is 14.0. The summed E-state index contributed by atoms with van der Waals surface area (Å²) < 4.78 is 40.5. The van der Waals surface area contributed by atoms with Crippen molar-refractivity contribution in [2.45, 2.75) is 23.9 Å². The summed E-state index contributed by atoms with van der Waals surface area (Å²) in [6, 6.07) is 11.3. The summed E-state index contributed by atoms with van der Waals surface area (Å²) in [5.74, 6) is -0.788. The molecule has 7 heteroatoms. The van der Waals surface area contributed by atoms with E-state index in [0.29, 0.717) is 6.42 Å². The van der Waals surface area contributed by atoms with Crippen molar-refractivity contribution in [1.82, 2.24) is 9.21 Å². The molecule has 0 aliphatic carbocycles. The highest BCUT2D eigenvalue weighted by Crippen LogP contribution is 2.29. The van der Waals surface area contributed by atoms with E-state index in [1.54, 1.807) is 14.1 Å². The monoisotopic (exact) mass is 362 g/mol. The van der Waals surface area contributed by atoms with E-state index >= 15 is 0 Å². The fraction of sp³-hybridized carbons (Fsp3) is 0.278. The normalized spacial score (nSPS) is 17.8. The Kier molecular flexibility index (Phi) is 4.62. The molecular formula is C18H19FN2O3S. The van der Waals surface area contributed by atoms with Gasteiger partial charge in [-0.1, -0.05) is 24.3 Å². The minimum atomic E-state index is -3.93. The topological polar surface area (TPSA) is 57.7 Å². The van der Waals surface area contributed by atoms with Crippen LogP contribution in [0, 0.1) is 5.82 Å². The quantitative estimate of drug-likeness (QED) is 0.840. The maximum atomic E-state index is 13.2. The number of hydrogen-bond acceptors (Lipinski definition) is 3. The number of carbonyl (C=O) groups excluding carboxylic acids is 1. The molecule has 1 aliphatic rings. The van der Waals surface area contributed by atoms with E-state index < -0.39 is 21.9 Å². The summed E-state index contributed by atoms with van der Waals surface area (Å²) in [5, 5.41) is 0. The molecule has 0 unspecified atom stereocenters. The van der Waals surface area contributed by atoms with Crippen molar-refractivity contribution in [3.05, 3.63) is 65.5 Å². The fourth-order valence-electron chi connectivity index (χ4n) is 3.00. The Morgan fingerprint density at radius 2 is 1.68 bits per heavy atom. The molecule has 1 heterocycles. The Hall–Kier alpha value is -2.25. The largest absolute Gasteiger partial charge is 0.347 e. The maximum Gasteiger partial charge on any atom is 0.244 e. The third-order valence-corrected chi connectivity index (χ3v) is 6.22. The maximum absolute atomic E-state index is 13.2. The predicted molar refractivity (Wildman–Crippen MR) is 91.8 cm³/mol. The van der Waals surface area contributed by atoms with Gasteiger partial charge in [-0.15, -0.1) is 0 Å². The van der Waals surface area contributed by atoms with Gasteiger partial charge in [0.1, 0.15) is 11.9 Å². The molecule has 25 heavy (non-hydrogen) atoms. The van der Waals surface area contributed by atoms with Gasteiger partial charge in [0.15, 0.2) is 0 Å². The molecule has 5 nitrogen and oxygen atoms in total. The number of carbonyl (C=O) groups is 1. The second-order valence-corrected chi connectivity index (χ2v) is 8.12. The van der Waals surface area contributed by atoms with E-state index in [-0.39, 0.29) is 17.3 Å². The average Bonchev–Trinajstić information content (AvgIpc) is 2.60. The second kappa shape index (κ2) is 6.57. The molecule has 0 spiro atoms. The Balaban J connectivity index is 2.07. The van der Waals surface area contributed by atoms with Gasteiger partial charge >= 0.3 is 0 Å². The zero-order chi connectivity index (χ0) is 18.2. The van der Waals surface area contributed by atoms with Crippen LogP contribution in [0.5, 0.6) is 0 Å². The Morgan fingerprint density at radius 3 is 2.28 bits per heavy atom. The number of likely N-dealkylation sites (N-methyl/N-ethyl adjacent to an activating group) is 1. The van der Waals surface area contributed by atoms with Crippen LogP contribution in [-0.4, -0.2) is 43.7 Å². The molecule has 0 saturated carbocycles. The van der Waals surface area contributed by atoms with Gasteiger partial charge in [-0.05, 0) is 41.8 Å². The van der Waals surface area contributed by atoms with Crippen LogP contribution in [0.2, 0.25) is 0 Å². The molecule has 0 saturated heterocycles. The average molecular weight is 362 g/mol. The first kappa shape index (κ1) is 17.6. The molecule has 0 N–H and O–H groups in total. The molecule has 2 aromatic rings. The summed E-state index contributed by atoms with van der Waals surface area (Å²) in [5.41, 5.74) is 1.84. The molecular weight excluding hydrogens is 343 g/mol. The third kappa shape index (κ3) is 3.29. The van der Waals surface area contributed by atoms with Gasteiger partial charge in [0.05, 0.1) is 4.90 Å². The number of fused-ring (bicyclic) bond motifs is 1. The lowest BCUT2D eigenvalue weighted by atomic mass is 9.95. The van der Waals surface area contributed by atoms with Gasteiger partial charge in [-0.3, -0.25) is 4.79 Å². The van der Waals surface area contributed by atoms with E-state index in [2.05, 4.69) is 0 Å². The third-order valence-electron chi connectivity index (χ3n) is 4.35. The van der Waals surface area contributed by atoms with Crippen LogP contribution in [0.25, 0.3) is 0 Å². The van der Waals surface area contributed by atoms with Crippen LogP contribution in [0.3, 0.4) is 0 Å². The lowest BCUT2D eigenvalue weighted by Crippen LogP contribution is -2.52. The van der Waals surface area contributed by atoms with Crippen LogP contribution < -0.4 is 0 Å². The molecule has 0 radical (unpaired) electrons. The summed E-state index contributed by atoms with van der Waals surface area (Å²) in [7, 11) is -0.725. The number of halogens is 1. The van der Waals surface area contributed by atoms with E-state index in [1.807, 2.05) is 24.3 Å².